The first-order valence-electron chi connectivity index (χ1n) is 9.20. The molecule has 1 aliphatic heterocycles. The number of methoxy groups -OCH3 is 1. The predicted molar refractivity (Wildman–Crippen MR) is 106 cm³/mol. The van der Waals surface area contributed by atoms with E-state index in [1.165, 1.54) is 12.0 Å². The molecule has 2 atom stereocenters. The Kier molecular flexibility index (Phi) is 7.29. The van der Waals surface area contributed by atoms with E-state index in [0.717, 1.165) is 0 Å². The molecule has 0 aliphatic carbocycles. The summed E-state index contributed by atoms with van der Waals surface area (Å²) >= 11 is 0. The Labute approximate surface area is 163 Å². The summed E-state index contributed by atoms with van der Waals surface area (Å²) < 4.78 is 16.5. The van der Waals surface area contributed by atoms with Gasteiger partial charge in [-0.2, -0.15) is 0 Å². The Morgan fingerprint density at radius 1 is 1.22 bits per heavy atom. The molecule has 7 nitrogen and oxygen atoms in total. The van der Waals surface area contributed by atoms with Gasteiger partial charge >= 0.3 is 12.1 Å². The molecule has 1 amide bonds. The number of aliphatic hydroxyl groups excluding tert-OH is 1. The lowest BCUT2D eigenvalue weighted by atomic mass is 9.96. The highest BCUT2D eigenvalue weighted by Crippen LogP contribution is 2.37. The molecule has 0 spiro atoms. The van der Waals surface area contributed by atoms with Crippen LogP contribution in [0.5, 0.6) is 0 Å². The van der Waals surface area contributed by atoms with Crippen molar-refractivity contribution < 1.29 is 28.6 Å². The zero-order chi connectivity index (χ0) is 21.2. The summed E-state index contributed by atoms with van der Waals surface area (Å²) in [6.07, 6.45) is -0.0895. The minimum atomic E-state index is -2.07. The molecule has 27 heavy (non-hydrogen) atoms. The minimum Gasteiger partial charge on any atom is -0.468 e. The molecule has 0 saturated carbocycles. The fourth-order valence-corrected chi connectivity index (χ4v) is 3.23. The van der Waals surface area contributed by atoms with Crippen molar-refractivity contribution in [2.75, 3.05) is 20.3 Å². The molecular formula is C19H35NO6Si. The van der Waals surface area contributed by atoms with Crippen molar-refractivity contribution in [3.05, 3.63) is 11.8 Å². The second kappa shape index (κ2) is 8.32. The summed E-state index contributed by atoms with van der Waals surface area (Å²) in [5.41, 5.74) is -0.165. The van der Waals surface area contributed by atoms with E-state index in [0.29, 0.717) is 5.70 Å². The molecule has 0 aromatic heterocycles. The highest BCUT2D eigenvalue weighted by molar-refractivity contribution is 6.74. The number of esters is 1. The first kappa shape index (κ1) is 23.7. The minimum absolute atomic E-state index is 0.000238. The van der Waals surface area contributed by atoms with Gasteiger partial charge in [0.2, 0.25) is 0 Å². The van der Waals surface area contributed by atoms with Gasteiger partial charge in [0.15, 0.2) is 8.32 Å². The van der Waals surface area contributed by atoms with Crippen molar-refractivity contribution >= 4 is 20.4 Å². The van der Waals surface area contributed by atoms with E-state index in [2.05, 4.69) is 33.9 Å². The summed E-state index contributed by atoms with van der Waals surface area (Å²) in [6.45, 7) is 16.0. The fourth-order valence-electron chi connectivity index (χ4n) is 2.29. The molecule has 1 N–H and O–H groups in total. The Balaban J connectivity index is 3.14. The number of hydrogen-bond acceptors (Lipinski definition) is 6. The molecule has 0 aromatic carbocycles. The number of amides is 1. The Morgan fingerprint density at radius 2 is 1.78 bits per heavy atom. The van der Waals surface area contributed by atoms with Gasteiger partial charge in [0.05, 0.1) is 26.4 Å². The van der Waals surface area contributed by atoms with Gasteiger partial charge in [-0.25, -0.2) is 4.79 Å². The molecule has 0 saturated heterocycles. The van der Waals surface area contributed by atoms with Gasteiger partial charge < -0.3 is 19.0 Å². The van der Waals surface area contributed by atoms with E-state index in [9.17, 15) is 14.7 Å². The van der Waals surface area contributed by atoms with Crippen LogP contribution >= 0.6 is 0 Å². The van der Waals surface area contributed by atoms with E-state index < -0.39 is 38.0 Å². The van der Waals surface area contributed by atoms with Crippen molar-refractivity contribution in [3.63, 3.8) is 0 Å². The third kappa shape index (κ3) is 6.33. The van der Waals surface area contributed by atoms with E-state index in [4.69, 9.17) is 13.9 Å². The lowest BCUT2D eigenvalue weighted by molar-refractivity contribution is -0.148. The van der Waals surface area contributed by atoms with Gasteiger partial charge in [-0.15, -0.1) is 0 Å². The van der Waals surface area contributed by atoms with Crippen LogP contribution in [0, 0.1) is 5.92 Å². The van der Waals surface area contributed by atoms with Crippen molar-refractivity contribution in [2.24, 2.45) is 5.92 Å². The van der Waals surface area contributed by atoms with Crippen LogP contribution in [0.4, 0.5) is 4.79 Å². The molecule has 0 radical (unpaired) electrons. The Hall–Kier alpha value is -1.38. The summed E-state index contributed by atoms with van der Waals surface area (Å²) in [5.74, 6) is -1.39. The zero-order valence-corrected chi connectivity index (χ0v) is 19.1. The van der Waals surface area contributed by atoms with Crippen LogP contribution in [0.1, 0.15) is 41.5 Å². The van der Waals surface area contributed by atoms with Gasteiger partial charge in [0.1, 0.15) is 11.5 Å². The average Bonchev–Trinajstić information content (AvgIpc) is 2.49. The van der Waals surface area contributed by atoms with Gasteiger partial charge in [-0.05, 0) is 45.0 Å². The number of ether oxygens (including phenoxy) is 2. The van der Waals surface area contributed by atoms with Crippen LogP contribution in [0.3, 0.4) is 0 Å². The van der Waals surface area contributed by atoms with Crippen LogP contribution in [-0.2, 0) is 18.7 Å². The lowest BCUT2D eigenvalue weighted by Crippen LogP contribution is -2.49. The molecule has 0 fully saturated rings. The SMILES string of the molecule is COC(=O)C1C=C(CO[Si](C)(C)C(C)(C)C)N(C(=O)OC(C)(C)C)C[C@@H]1O. The number of aliphatic hydroxyl groups is 1. The van der Waals surface area contributed by atoms with Gasteiger partial charge in [0.25, 0.3) is 0 Å². The maximum atomic E-state index is 12.6. The third-order valence-corrected chi connectivity index (χ3v) is 9.46. The Morgan fingerprint density at radius 3 is 2.22 bits per heavy atom. The summed E-state index contributed by atoms with van der Waals surface area (Å²) in [6, 6.07) is 0. The van der Waals surface area contributed by atoms with E-state index in [-0.39, 0.29) is 18.2 Å². The summed E-state index contributed by atoms with van der Waals surface area (Å²) in [7, 11) is -0.800. The standard InChI is InChI=1S/C19H35NO6Si/c1-18(2,3)26-17(23)20-11-15(21)14(16(22)24-7)10-13(20)12-25-27(8,9)19(4,5)6/h10,14-15,21H,11-12H2,1-9H3/t14?,15-/m0/s1. The maximum absolute atomic E-state index is 12.6. The molecular weight excluding hydrogens is 366 g/mol. The third-order valence-electron chi connectivity index (χ3n) is 4.98. The molecule has 1 aliphatic rings. The molecule has 1 rings (SSSR count). The smallest absolute Gasteiger partial charge is 0.414 e. The molecule has 1 heterocycles. The van der Waals surface area contributed by atoms with E-state index >= 15 is 0 Å². The number of carbonyl (C=O) groups is 2. The topological polar surface area (TPSA) is 85.3 Å². The highest BCUT2D eigenvalue weighted by Gasteiger charge is 2.40. The number of rotatable bonds is 4. The normalized spacial score (nSPS) is 21.6. The molecule has 156 valence electrons. The number of hydrogen-bond donors (Lipinski definition) is 1. The number of β-amino-alcohol motifs (C(OH)–C–C–N with tert-alkyl or cyclic N) is 1. The van der Waals surface area contributed by atoms with Crippen LogP contribution in [-0.4, -0.2) is 62.4 Å². The first-order valence-corrected chi connectivity index (χ1v) is 12.1. The number of nitrogens with zero attached hydrogens (tertiary/aromatic N) is 1. The lowest BCUT2D eigenvalue weighted by Gasteiger charge is -2.39. The second-order valence-electron chi connectivity index (χ2n) is 9.41. The monoisotopic (exact) mass is 401 g/mol. The first-order chi connectivity index (χ1) is 12.1. The fraction of sp³-hybridized carbons (Fsp3) is 0.789. The van der Waals surface area contributed by atoms with Crippen LogP contribution in [0.25, 0.3) is 0 Å². The molecule has 1 unspecified atom stereocenters. The van der Waals surface area contributed by atoms with E-state index in [1.54, 1.807) is 26.8 Å². The van der Waals surface area contributed by atoms with Crippen molar-refractivity contribution in [1.29, 1.82) is 0 Å². The number of carbonyl (C=O) groups excluding carboxylic acids is 2. The largest absolute Gasteiger partial charge is 0.468 e. The molecule has 8 heteroatoms. The quantitative estimate of drug-likeness (QED) is 0.575. The van der Waals surface area contributed by atoms with Crippen molar-refractivity contribution in [3.8, 4) is 0 Å². The van der Waals surface area contributed by atoms with Crippen LogP contribution in [0.15, 0.2) is 11.8 Å². The summed E-state index contributed by atoms with van der Waals surface area (Å²) in [4.78, 5) is 26.0. The maximum Gasteiger partial charge on any atom is 0.414 e. The second-order valence-corrected chi connectivity index (χ2v) is 14.2. The van der Waals surface area contributed by atoms with Crippen molar-refractivity contribution in [1.82, 2.24) is 4.90 Å². The van der Waals surface area contributed by atoms with E-state index in [1.807, 2.05) is 0 Å². The molecule has 0 bridgehead atoms. The Bertz CT molecular complexity index is 588. The predicted octanol–water partition coefficient (Wildman–Crippen LogP) is 3.29. The highest BCUT2D eigenvalue weighted by atomic mass is 28.4. The summed E-state index contributed by atoms with van der Waals surface area (Å²) in [5, 5.41) is 10.3. The van der Waals surface area contributed by atoms with Gasteiger partial charge in [-0.3, -0.25) is 9.69 Å². The zero-order valence-electron chi connectivity index (χ0n) is 18.1. The van der Waals surface area contributed by atoms with Crippen LogP contribution < -0.4 is 0 Å². The van der Waals surface area contributed by atoms with Crippen molar-refractivity contribution in [2.45, 2.75) is 71.4 Å². The molecule has 0 aromatic rings. The van der Waals surface area contributed by atoms with Crippen LogP contribution in [0.2, 0.25) is 18.1 Å². The van der Waals surface area contributed by atoms with Gasteiger partial charge in [-0.1, -0.05) is 20.8 Å². The van der Waals surface area contributed by atoms with Gasteiger partial charge in [0, 0.05) is 5.70 Å². The average molecular weight is 402 g/mol.